The molecule has 0 saturated heterocycles. The summed E-state index contributed by atoms with van der Waals surface area (Å²) in [5.41, 5.74) is 0. The van der Waals surface area contributed by atoms with Gasteiger partial charge in [-0.1, -0.05) is 0 Å². The zero-order chi connectivity index (χ0) is 5.82. The van der Waals surface area contributed by atoms with Gasteiger partial charge in [0.15, 0.2) is 0 Å². The quantitative estimate of drug-likeness (QED) is 0.505. The third-order valence-corrected chi connectivity index (χ3v) is 0.564. The normalized spacial score (nSPS) is 8.00. The first kappa shape index (κ1) is 4.67. The minimum absolute atomic E-state index is 0.306. The van der Waals surface area contributed by atoms with Crippen LogP contribution in [0.5, 0.6) is 0 Å². The first-order chi connectivity index (χ1) is 3.93. The van der Waals surface area contributed by atoms with Crippen molar-refractivity contribution >= 4 is 12.0 Å². The first-order valence-electron chi connectivity index (χ1n) is 1.91. The largest absolute Gasteiger partial charge is 0.254 e. The molecule has 0 bridgehead atoms. The lowest BCUT2D eigenvalue weighted by Crippen LogP contribution is -1.63. The molecule has 0 spiro atoms. The number of hydrogen-bond acceptors (Lipinski definition) is 4. The van der Waals surface area contributed by atoms with Crippen molar-refractivity contribution < 1.29 is 0 Å². The molecule has 0 aliphatic rings. The van der Waals surface area contributed by atoms with E-state index in [1.807, 2.05) is 6.01 Å². The Morgan fingerprint density at radius 1 is 1.88 bits per heavy atom. The van der Waals surface area contributed by atoms with Gasteiger partial charge in [0, 0.05) is 0 Å². The molecule has 1 aromatic heterocycles. The molecular weight excluding hydrogens is 106 g/mol. The lowest BCUT2D eigenvalue weighted by Gasteiger charge is -1.69. The van der Waals surface area contributed by atoms with E-state index >= 15 is 0 Å². The van der Waals surface area contributed by atoms with Crippen LogP contribution in [0.2, 0.25) is 0 Å². The van der Waals surface area contributed by atoms with E-state index in [-0.39, 0.29) is 0 Å². The summed E-state index contributed by atoms with van der Waals surface area (Å²) in [5.74, 6) is 0.306. The van der Waals surface area contributed by atoms with Gasteiger partial charge < -0.3 is 0 Å². The maximum Gasteiger partial charge on any atom is 0.254 e. The van der Waals surface area contributed by atoms with Crippen LogP contribution in [0.3, 0.4) is 0 Å². The number of nitrogens with one attached hydrogen (secondary N) is 2. The Balaban J connectivity index is 2.93. The summed E-state index contributed by atoms with van der Waals surface area (Å²) < 4.78 is 0. The van der Waals surface area contributed by atoms with E-state index in [0.29, 0.717) is 5.95 Å². The summed E-state index contributed by atoms with van der Waals surface area (Å²) in [7, 11) is 0. The van der Waals surface area contributed by atoms with E-state index in [0.717, 1.165) is 0 Å². The van der Waals surface area contributed by atoms with Crippen molar-refractivity contribution in [1.29, 1.82) is 5.41 Å². The Bertz CT molecular complexity index is 193. The third kappa shape index (κ3) is 0.772. The van der Waals surface area contributed by atoms with Crippen molar-refractivity contribution in [2.24, 2.45) is 4.99 Å². The minimum atomic E-state index is 0.306. The van der Waals surface area contributed by atoms with Gasteiger partial charge in [0.05, 0.1) is 6.01 Å². The lowest BCUT2D eigenvalue weighted by atomic mass is 11.1. The van der Waals surface area contributed by atoms with Gasteiger partial charge in [-0.15, -0.1) is 4.99 Å². The van der Waals surface area contributed by atoms with Gasteiger partial charge in [0.25, 0.3) is 5.95 Å². The average molecular weight is 109 g/mol. The monoisotopic (exact) mass is 109 g/mol. The predicted octanol–water partition coefficient (Wildman–Crippen LogP) is 0.189. The molecule has 2 N–H and O–H groups in total. The van der Waals surface area contributed by atoms with Crippen LogP contribution >= 0.6 is 0 Å². The molecule has 0 aliphatic carbocycles. The minimum Gasteiger partial charge on any atom is -0.243 e. The zero-order valence-electron chi connectivity index (χ0n) is 3.92. The van der Waals surface area contributed by atoms with Crippen molar-refractivity contribution in [1.82, 2.24) is 15.2 Å². The number of H-pyrrole nitrogens is 1. The molecular formula is C3H3N5. The maximum absolute atomic E-state index is 6.37. The Hall–Kier alpha value is -1.48. The van der Waals surface area contributed by atoms with Gasteiger partial charge in [-0.05, 0) is 0 Å². The predicted molar refractivity (Wildman–Crippen MR) is 26.2 cm³/mol. The number of aromatic amines is 1. The Labute approximate surface area is 45.0 Å². The molecule has 8 heavy (non-hydrogen) atoms. The van der Waals surface area contributed by atoms with Crippen LogP contribution in [0.25, 0.3) is 0 Å². The SMILES string of the molecule is N=C=Nc1ncn[nH]1. The van der Waals surface area contributed by atoms with Gasteiger partial charge in [-0.2, -0.15) is 10.1 Å². The highest BCUT2D eigenvalue weighted by Gasteiger charge is 1.83. The van der Waals surface area contributed by atoms with Gasteiger partial charge in [-0.3, -0.25) is 0 Å². The molecule has 1 heterocycles. The summed E-state index contributed by atoms with van der Waals surface area (Å²) in [6.07, 6.45) is 1.32. The highest BCUT2D eigenvalue weighted by atomic mass is 15.2. The van der Waals surface area contributed by atoms with Gasteiger partial charge in [-0.25, -0.2) is 10.5 Å². The zero-order valence-corrected chi connectivity index (χ0v) is 3.92. The standard InChI is InChI=1S/C3H3N5/c4-1-5-3-6-2-7-8-3/h2,4H,(H,6,7,8). The van der Waals surface area contributed by atoms with Gasteiger partial charge in [0.2, 0.25) is 0 Å². The molecule has 1 rings (SSSR count). The molecule has 40 valence electrons. The fourth-order valence-corrected chi connectivity index (χ4v) is 0.306. The lowest BCUT2D eigenvalue weighted by molar-refractivity contribution is 1.08. The van der Waals surface area contributed by atoms with Crippen molar-refractivity contribution in [3.8, 4) is 0 Å². The van der Waals surface area contributed by atoms with Crippen LogP contribution < -0.4 is 0 Å². The number of nitrogens with zero attached hydrogens (tertiary/aromatic N) is 3. The highest BCUT2D eigenvalue weighted by molar-refractivity contribution is 5.42. The average Bonchev–Trinajstić information content (AvgIpc) is 2.19. The summed E-state index contributed by atoms with van der Waals surface area (Å²) in [6, 6.07) is 1.81. The third-order valence-electron chi connectivity index (χ3n) is 0.564. The molecule has 1 aromatic rings. The Morgan fingerprint density at radius 2 is 2.75 bits per heavy atom. The van der Waals surface area contributed by atoms with Crippen molar-refractivity contribution in [3.05, 3.63) is 6.33 Å². The topological polar surface area (TPSA) is 77.8 Å². The number of aliphatic imine (C=N–C) groups is 1. The van der Waals surface area contributed by atoms with Crippen molar-refractivity contribution in [2.75, 3.05) is 0 Å². The molecule has 5 heteroatoms. The summed E-state index contributed by atoms with van der Waals surface area (Å²) in [4.78, 5) is 6.94. The molecule has 0 amide bonds. The maximum atomic E-state index is 6.37. The fourth-order valence-electron chi connectivity index (χ4n) is 0.306. The smallest absolute Gasteiger partial charge is 0.243 e. The number of rotatable bonds is 1. The van der Waals surface area contributed by atoms with Crippen LogP contribution in [0.4, 0.5) is 5.95 Å². The molecule has 0 aliphatic heterocycles. The second-order valence-electron chi connectivity index (χ2n) is 1.03. The first-order valence-corrected chi connectivity index (χ1v) is 1.91. The van der Waals surface area contributed by atoms with E-state index in [9.17, 15) is 0 Å². The second-order valence-corrected chi connectivity index (χ2v) is 1.03. The van der Waals surface area contributed by atoms with Crippen molar-refractivity contribution in [2.45, 2.75) is 0 Å². The molecule has 0 atom stereocenters. The van der Waals surface area contributed by atoms with Crippen molar-refractivity contribution in [3.63, 3.8) is 0 Å². The summed E-state index contributed by atoms with van der Waals surface area (Å²) in [6.45, 7) is 0. The number of aromatic nitrogens is 3. The van der Waals surface area contributed by atoms with E-state index in [2.05, 4.69) is 20.2 Å². The summed E-state index contributed by atoms with van der Waals surface area (Å²) >= 11 is 0. The van der Waals surface area contributed by atoms with Crippen LogP contribution in [-0.2, 0) is 0 Å². The van der Waals surface area contributed by atoms with Crippen LogP contribution in [0.15, 0.2) is 11.3 Å². The fraction of sp³-hybridized carbons (Fsp3) is 0. The van der Waals surface area contributed by atoms with Gasteiger partial charge >= 0.3 is 0 Å². The molecule has 0 fully saturated rings. The van der Waals surface area contributed by atoms with Crippen LogP contribution in [-0.4, -0.2) is 21.2 Å². The Morgan fingerprint density at radius 3 is 3.25 bits per heavy atom. The molecule has 0 unspecified atom stereocenters. The Kier molecular flexibility index (Phi) is 1.16. The van der Waals surface area contributed by atoms with E-state index in [4.69, 9.17) is 5.41 Å². The molecule has 0 aromatic carbocycles. The van der Waals surface area contributed by atoms with Crippen LogP contribution in [0.1, 0.15) is 0 Å². The summed E-state index contributed by atoms with van der Waals surface area (Å²) in [5, 5.41) is 12.3. The van der Waals surface area contributed by atoms with Crippen LogP contribution in [0, 0.1) is 5.41 Å². The second kappa shape index (κ2) is 1.99. The molecule has 5 nitrogen and oxygen atoms in total. The van der Waals surface area contributed by atoms with E-state index in [1.165, 1.54) is 6.33 Å². The highest BCUT2D eigenvalue weighted by Crippen LogP contribution is 1.93. The van der Waals surface area contributed by atoms with Gasteiger partial charge in [0.1, 0.15) is 6.33 Å². The molecule has 0 radical (unpaired) electrons. The van der Waals surface area contributed by atoms with E-state index < -0.39 is 0 Å². The van der Waals surface area contributed by atoms with E-state index in [1.54, 1.807) is 0 Å². The number of hydrogen-bond donors (Lipinski definition) is 2. The molecule has 0 saturated carbocycles.